The summed E-state index contributed by atoms with van der Waals surface area (Å²) >= 11 is 0. The SMILES string of the molecule is COc1c(CC#N)ccc(F)c1C. The Morgan fingerprint density at radius 1 is 1.54 bits per heavy atom. The zero-order valence-electron chi connectivity index (χ0n) is 7.60. The third-order valence-corrected chi connectivity index (χ3v) is 1.89. The third kappa shape index (κ3) is 1.78. The molecular formula is C10H10FNO. The molecule has 0 saturated heterocycles. The second-order valence-corrected chi connectivity index (χ2v) is 2.70. The van der Waals surface area contributed by atoms with E-state index in [4.69, 9.17) is 10.00 Å². The van der Waals surface area contributed by atoms with Crippen molar-refractivity contribution in [3.8, 4) is 11.8 Å². The molecule has 68 valence electrons. The molecule has 0 saturated carbocycles. The van der Waals surface area contributed by atoms with Crippen molar-refractivity contribution in [1.82, 2.24) is 0 Å². The van der Waals surface area contributed by atoms with Crippen LogP contribution in [0.5, 0.6) is 5.75 Å². The number of methoxy groups -OCH3 is 1. The molecule has 1 rings (SSSR count). The van der Waals surface area contributed by atoms with E-state index in [2.05, 4.69) is 0 Å². The summed E-state index contributed by atoms with van der Waals surface area (Å²) in [5, 5.41) is 8.50. The van der Waals surface area contributed by atoms with Gasteiger partial charge in [0.05, 0.1) is 19.6 Å². The smallest absolute Gasteiger partial charge is 0.129 e. The quantitative estimate of drug-likeness (QED) is 0.697. The number of hydrogen-bond acceptors (Lipinski definition) is 2. The second kappa shape index (κ2) is 3.90. The number of hydrogen-bond donors (Lipinski definition) is 0. The lowest BCUT2D eigenvalue weighted by molar-refractivity contribution is 0.403. The van der Waals surface area contributed by atoms with Crippen LogP contribution in [0.2, 0.25) is 0 Å². The van der Waals surface area contributed by atoms with Gasteiger partial charge < -0.3 is 4.74 Å². The molecule has 0 spiro atoms. The Hall–Kier alpha value is -1.56. The molecule has 0 bridgehead atoms. The molecule has 1 aromatic carbocycles. The molecule has 0 aliphatic heterocycles. The molecule has 0 aliphatic carbocycles. The lowest BCUT2D eigenvalue weighted by Crippen LogP contribution is -1.96. The van der Waals surface area contributed by atoms with Crippen LogP contribution >= 0.6 is 0 Å². The van der Waals surface area contributed by atoms with E-state index in [1.807, 2.05) is 6.07 Å². The molecule has 3 heteroatoms. The highest BCUT2D eigenvalue weighted by molar-refractivity contribution is 5.42. The van der Waals surface area contributed by atoms with Crippen LogP contribution in [0, 0.1) is 24.1 Å². The highest BCUT2D eigenvalue weighted by Crippen LogP contribution is 2.25. The summed E-state index contributed by atoms with van der Waals surface area (Å²) in [6.45, 7) is 1.63. The Morgan fingerprint density at radius 3 is 2.77 bits per heavy atom. The second-order valence-electron chi connectivity index (χ2n) is 2.70. The summed E-state index contributed by atoms with van der Waals surface area (Å²) in [6, 6.07) is 4.93. The van der Waals surface area contributed by atoms with Gasteiger partial charge in [-0.1, -0.05) is 6.07 Å². The van der Waals surface area contributed by atoms with E-state index in [1.165, 1.54) is 13.2 Å². The zero-order valence-corrected chi connectivity index (χ0v) is 7.60. The predicted octanol–water partition coefficient (Wildman–Crippen LogP) is 2.21. The summed E-state index contributed by atoms with van der Waals surface area (Å²) in [4.78, 5) is 0. The first-order chi connectivity index (χ1) is 6.20. The van der Waals surface area contributed by atoms with Crippen molar-refractivity contribution in [1.29, 1.82) is 5.26 Å². The van der Waals surface area contributed by atoms with Gasteiger partial charge in [0.2, 0.25) is 0 Å². The Morgan fingerprint density at radius 2 is 2.23 bits per heavy atom. The van der Waals surface area contributed by atoms with Crippen molar-refractivity contribution >= 4 is 0 Å². The van der Waals surface area contributed by atoms with Gasteiger partial charge in [-0.3, -0.25) is 0 Å². The Kier molecular flexibility index (Phi) is 2.86. The maximum Gasteiger partial charge on any atom is 0.129 e. The maximum absolute atomic E-state index is 13.0. The molecule has 2 nitrogen and oxygen atoms in total. The fourth-order valence-electron chi connectivity index (χ4n) is 1.23. The van der Waals surface area contributed by atoms with Crippen molar-refractivity contribution in [3.05, 3.63) is 29.1 Å². The molecule has 1 aromatic rings. The van der Waals surface area contributed by atoms with Crippen LogP contribution in [0.4, 0.5) is 4.39 Å². The van der Waals surface area contributed by atoms with Crippen LogP contribution in [-0.4, -0.2) is 7.11 Å². The first-order valence-corrected chi connectivity index (χ1v) is 3.89. The van der Waals surface area contributed by atoms with E-state index in [-0.39, 0.29) is 12.2 Å². The van der Waals surface area contributed by atoms with Crippen LogP contribution in [0.1, 0.15) is 11.1 Å². The van der Waals surface area contributed by atoms with Gasteiger partial charge in [-0.25, -0.2) is 4.39 Å². The van der Waals surface area contributed by atoms with E-state index in [0.29, 0.717) is 11.3 Å². The molecule has 13 heavy (non-hydrogen) atoms. The lowest BCUT2D eigenvalue weighted by Gasteiger charge is -2.09. The fraction of sp³-hybridized carbons (Fsp3) is 0.300. The van der Waals surface area contributed by atoms with Crippen molar-refractivity contribution in [2.45, 2.75) is 13.3 Å². The molecule has 0 heterocycles. The number of nitrogens with zero attached hydrogens (tertiary/aromatic N) is 1. The van der Waals surface area contributed by atoms with Gasteiger partial charge >= 0.3 is 0 Å². The first-order valence-electron chi connectivity index (χ1n) is 3.89. The lowest BCUT2D eigenvalue weighted by atomic mass is 10.1. The van der Waals surface area contributed by atoms with E-state index in [1.54, 1.807) is 13.0 Å². The van der Waals surface area contributed by atoms with Gasteiger partial charge in [-0.2, -0.15) is 5.26 Å². The third-order valence-electron chi connectivity index (χ3n) is 1.89. The highest BCUT2D eigenvalue weighted by atomic mass is 19.1. The zero-order chi connectivity index (χ0) is 9.84. The molecule has 0 fully saturated rings. The summed E-state index contributed by atoms with van der Waals surface area (Å²) < 4.78 is 18.0. The fourth-order valence-corrected chi connectivity index (χ4v) is 1.23. The van der Waals surface area contributed by atoms with Crippen molar-refractivity contribution in [3.63, 3.8) is 0 Å². The van der Waals surface area contributed by atoms with Crippen LogP contribution in [-0.2, 0) is 6.42 Å². The molecule has 0 amide bonds. The summed E-state index contributed by atoms with van der Waals surface area (Å²) in [5.41, 5.74) is 1.18. The van der Waals surface area contributed by atoms with Crippen LogP contribution in [0.3, 0.4) is 0 Å². The summed E-state index contributed by atoms with van der Waals surface area (Å²) in [6.07, 6.45) is 0.240. The Balaban J connectivity index is 3.23. The minimum atomic E-state index is -0.307. The van der Waals surface area contributed by atoms with Gasteiger partial charge in [0, 0.05) is 11.1 Å². The van der Waals surface area contributed by atoms with Gasteiger partial charge in [0.15, 0.2) is 0 Å². The molecule has 0 aromatic heterocycles. The molecule has 0 radical (unpaired) electrons. The summed E-state index contributed by atoms with van der Waals surface area (Å²) in [7, 11) is 1.47. The van der Waals surface area contributed by atoms with Crippen LogP contribution in [0.15, 0.2) is 12.1 Å². The molecular weight excluding hydrogens is 169 g/mol. The number of nitriles is 1. The van der Waals surface area contributed by atoms with E-state index in [0.717, 1.165) is 5.56 Å². The molecule has 0 unspecified atom stereocenters. The van der Waals surface area contributed by atoms with E-state index < -0.39 is 0 Å². The van der Waals surface area contributed by atoms with Gasteiger partial charge in [0.25, 0.3) is 0 Å². The van der Waals surface area contributed by atoms with E-state index in [9.17, 15) is 4.39 Å². The standard InChI is InChI=1S/C10H10FNO/c1-7-9(11)4-3-8(5-6-12)10(7)13-2/h3-4H,5H2,1-2H3. The number of ether oxygens (including phenoxy) is 1. The van der Waals surface area contributed by atoms with Gasteiger partial charge in [-0.15, -0.1) is 0 Å². The average Bonchev–Trinajstić information content (AvgIpc) is 2.12. The Labute approximate surface area is 76.6 Å². The summed E-state index contributed by atoms with van der Waals surface area (Å²) in [5.74, 6) is 0.167. The number of halogens is 1. The number of benzene rings is 1. The normalized spacial score (nSPS) is 9.38. The molecule has 0 atom stereocenters. The molecule has 0 aliphatic rings. The van der Waals surface area contributed by atoms with Crippen LogP contribution in [0.25, 0.3) is 0 Å². The Bertz CT molecular complexity index is 355. The van der Waals surface area contributed by atoms with Crippen molar-refractivity contribution in [2.24, 2.45) is 0 Å². The topological polar surface area (TPSA) is 33.0 Å². The average molecular weight is 179 g/mol. The first kappa shape index (κ1) is 9.53. The minimum absolute atomic E-state index is 0.240. The van der Waals surface area contributed by atoms with Crippen molar-refractivity contribution < 1.29 is 9.13 Å². The number of rotatable bonds is 2. The minimum Gasteiger partial charge on any atom is -0.496 e. The van der Waals surface area contributed by atoms with Crippen LogP contribution < -0.4 is 4.74 Å². The predicted molar refractivity (Wildman–Crippen MR) is 47.0 cm³/mol. The monoisotopic (exact) mass is 179 g/mol. The van der Waals surface area contributed by atoms with Gasteiger partial charge in [0.1, 0.15) is 11.6 Å². The van der Waals surface area contributed by atoms with Crippen molar-refractivity contribution in [2.75, 3.05) is 7.11 Å². The highest BCUT2D eigenvalue weighted by Gasteiger charge is 2.09. The van der Waals surface area contributed by atoms with E-state index >= 15 is 0 Å². The van der Waals surface area contributed by atoms with Gasteiger partial charge in [-0.05, 0) is 13.0 Å². The largest absolute Gasteiger partial charge is 0.496 e. The maximum atomic E-state index is 13.0. The molecule has 0 N–H and O–H groups in total.